The summed E-state index contributed by atoms with van der Waals surface area (Å²) in [5.41, 5.74) is -0.147. The van der Waals surface area contributed by atoms with E-state index in [1.54, 1.807) is 24.3 Å². The smallest absolute Gasteiger partial charge is 0.339 e. The second-order valence-electron chi connectivity index (χ2n) is 6.73. The summed E-state index contributed by atoms with van der Waals surface area (Å²) in [6, 6.07) is 14.0. The van der Waals surface area contributed by atoms with Crippen LogP contribution < -0.4 is 10.3 Å². The SMILES string of the molecule is O=C(OCn1nnc2ccccc2c1=O)c1cccc(NS(=O)(=O)c2ccc(F)c(F)c2)c1. The highest BCUT2D eigenvalue weighted by Crippen LogP contribution is 2.19. The third-order valence-corrected chi connectivity index (χ3v) is 5.88. The van der Waals surface area contributed by atoms with Crippen LogP contribution in [0.25, 0.3) is 10.9 Å². The van der Waals surface area contributed by atoms with E-state index in [9.17, 15) is 26.8 Å². The number of nitrogens with one attached hydrogen (secondary N) is 1. The molecule has 0 aliphatic heterocycles. The van der Waals surface area contributed by atoms with Gasteiger partial charge in [-0.2, -0.15) is 4.68 Å². The number of rotatable bonds is 6. The van der Waals surface area contributed by atoms with Gasteiger partial charge < -0.3 is 4.74 Å². The molecule has 0 spiro atoms. The summed E-state index contributed by atoms with van der Waals surface area (Å²) in [6.07, 6.45) is 0. The van der Waals surface area contributed by atoms with Crippen molar-refractivity contribution in [2.75, 3.05) is 4.72 Å². The lowest BCUT2D eigenvalue weighted by Gasteiger charge is -2.10. The Hall–Kier alpha value is -4.19. The first-order valence-corrected chi connectivity index (χ1v) is 10.8. The largest absolute Gasteiger partial charge is 0.439 e. The maximum absolute atomic E-state index is 13.4. The molecule has 4 rings (SSSR count). The van der Waals surface area contributed by atoms with Crippen molar-refractivity contribution < 1.29 is 26.7 Å². The molecule has 0 bridgehead atoms. The van der Waals surface area contributed by atoms with Crippen molar-refractivity contribution in [3.05, 3.63) is 94.3 Å². The lowest BCUT2D eigenvalue weighted by atomic mass is 10.2. The van der Waals surface area contributed by atoms with Gasteiger partial charge in [0.25, 0.3) is 15.6 Å². The molecule has 0 saturated heterocycles. The van der Waals surface area contributed by atoms with E-state index < -0.39 is 44.8 Å². The highest BCUT2D eigenvalue weighted by Gasteiger charge is 2.18. The number of nitrogens with zero attached hydrogens (tertiary/aromatic N) is 3. The maximum Gasteiger partial charge on any atom is 0.339 e. The Labute approximate surface area is 185 Å². The molecule has 0 radical (unpaired) electrons. The van der Waals surface area contributed by atoms with Gasteiger partial charge in [0, 0.05) is 5.69 Å². The molecule has 33 heavy (non-hydrogen) atoms. The molecule has 12 heteroatoms. The monoisotopic (exact) mass is 472 g/mol. The zero-order valence-corrected chi connectivity index (χ0v) is 17.4. The van der Waals surface area contributed by atoms with Gasteiger partial charge in [0.05, 0.1) is 15.8 Å². The van der Waals surface area contributed by atoms with Gasteiger partial charge in [0.2, 0.25) is 0 Å². The van der Waals surface area contributed by atoms with E-state index in [-0.39, 0.29) is 11.3 Å². The van der Waals surface area contributed by atoms with E-state index in [2.05, 4.69) is 15.0 Å². The van der Waals surface area contributed by atoms with E-state index in [4.69, 9.17) is 4.74 Å². The number of halogens is 2. The van der Waals surface area contributed by atoms with Crippen LogP contribution in [0, 0.1) is 11.6 Å². The molecule has 0 aliphatic carbocycles. The summed E-state index contributed by atoms with van der Waals surface area (Å²) >= 11 is 0. The summed E-state index contributed by atoms with van der Waals surface area (Å²) in [6.45, 7) is -0.514. The number of carbonyl (C=O) groups is 1. The molecule has 0 saturated carbocycles. The Morgan fingerprint density at radius 3 is 2.58 bits per heavy atom. The minimum Gasteiger partial charge on any atom is -0.439 e. The molecule has 1 N–H and O–H groups in total. The first-order chi connectivity index (χ1) is 15.7. The van der Waals surface area contributed by atoms with Gasteiger partial charge in [0.15, 0.2) is 18.4 Å². The van der Waals surface area contributed by atoms with Crippen LogP contribution in [-0.4, -0.2) is 29.4 Å². The lowest BCUT2D eigenvalue weighted by molar-refractivity contribution is 0.0336. The fourth-order valence-corrected chi connectivity index (χ4v) is 3.94. The Morgan fingerprint density at radius 2 is 1.79 bits per heavy atom. The van der Waals surface area contributed by atoms with Crippen LogP contribution in [0.2, 0.25) is 0 Å². The molecule has 0 fully saturated rings. The van der Waals surface area contributed by atoms with Gasteiger partial charge >= 0.3 is 5.97 Å². The predicted molar refractivity (Wildman–Crippen MR) is 113 cm³/mol. The Bertz CT molecular complexity index is 1540. The number of hydrogen-bond acceptors (Lipinski definition) is 7. The fourth-order valence-electron chi connectivity index (χ4n) is 2.88. The third kappa shape index (κ3) is 4.70. The van der Waals surface area contributed by atoms with Crippen molar-refractivity contribution in [2.45, 2.75) is 11.6 Å². The first kappa shape index (κ1) is 22.0. The molecule has 168 valence electrons. The Kier molecular flexibility index (Phi) is 5.84. The lowest BCUT2D eigenvalue weighted by Crippen LogP contribution is -2.26. The van der Waals surface area contributed by atoms with Crippen LogP contribution in [-0.2, 0) is 21.5 Å². The van der Waals surface area contributed by atoms with Gasteiger partial charge in [-0.3, -0.25) is 9.52 Å². The number of sulfonamides is 1. The average molecular weight is 472 g/mol. The van der Waals surface area contributed by atoms with E-state index in [1.807, 2.05) is 0 Å². The number of fused-ring (bicyclic) bond motifs is 1. The molecule has 0 atom stereocenters. The number of hydrogen-bond donors (Lipinski definition) is 1. The molecule has 1 heterocycles. The Balaban J connectivity index is 1.49. The molecule has 4 aromatic rings. The van der Waals surface area contributed by atoms with Crippen molar-refractivity contribution in [3.63, 3.8) is 0 Å². The predicted octanol–water partition coefficient (Wildman–Crippen LogP) is 2.69. The average Bonchev–Trinajstić information content (AvgIpc) is 2.80. The molecule has 1 aromatic heterocycles. The normalized spacial score (nSPS) is 11.3. The molecular formula is C21H14F2N4O5S. The molecular weight excluding hydrogens is 458 g/mol. The summed E-state index contributed by atoms with van der Waals surface area (Å²) in [5, 5.41) is 7.90. The van der Waals surface area contributed by atoms with E-state index in [1.165, 1.54) is 24.3 Å². The molecule has 0 unspecified atom stereocenters. The van der Waals surface area contributed by atoms with E-state index in [0.29, 0.717) is 23.0 Å². The highest BCUT2D eigenvalue weighted by atomic mass is 32.2. The number of benzene rings is 3. The summed E-state index contributed by atoms with van der Waals surface area (Å²) in [5.74, 6) is -3.36. The summed E-state index contributed by atoms with van der Waals surface area (Å²) in [4.78, 5) is 24.3. The number of esters is 1. The van der Waals surface area contributed by atoms with Crippen molar-refractivity contribution >= 4 is 32.6 Å². The van der Waals surface area contributed by atoms with E-state index in [0.717, 1.165) is 10.7 Å². The number of aromatic nitrogens is 3. The van der Waals surface area contributed by atoms with Crippen LogP contribution in [0.1, 0.15) is 10.4 Å². The van der Waals surface area contributed by atoms with Crippen LogP contribution in [0.4, 0.5) is 14.5 Å². The summed E-state index contributed by atoms with van der Waals surface area (Å²) in [7, 11) is -4.25. The minimum atomic E-state index is -4.25. The van der Waals surface area contributed by atoms with Gasteiger partial charge in [-0.15, -0.1) is 5.10 Å². The van der Waals surface area contributed by atoms with E-state index >= 15 is 0 Å². The quantitative estimate of drug-likeness (QED) is 0.429. The minimum absolute atomic E-state index is 0.0168. The summed E-state index contributed by atoms with van der Waals surface area (Å²) < 4.78 is 59.5. The van der Waals surface area contributed by atoms with Crippen molar-refractivity contribution in [1.29, 1.82) is 0 Å². The van der Waals surface area contributed by atoms with Crippen LogP contribution in [0.5, 0.6) is 0 Å². The molecule has 0 amide bonds. The van der Waals surface area contributed by atoms with Crippen molar-refractivity contribution in [1.82, 2.24) is 15.0 Å². The van der Waals surface area contributed by atoms with Gasteiger partial charge in [-0.25, -0.2) is 22.0 Å². The zero-order chi connectivity index (χ0) is 23.6. The molecule has 3 aromatic carbocycles. The molecule has 0 aliphatic rings. The maximum atomic E-state index is 13.4. The first-order valence-electron chi connectivity index (χ1n) is 9.32. The fraction of sp³-hybridized carbons (Fsp3) is 0.0476. The second-order valence-corrected chi connectivity index (χ2v) is 8.42. The zero-order valence-electron chi connectivity index (χ0n) is 16.6. The highest BCUT2D eigenvalue weighted by molar-refractivity contribution is 7.92. The van der Waals surface area contributed by atoms with Crippen LogP contribution in [0.15, 0.2) is 76.4 Å². The Morgan fingerprint density at radius 1 is 1.00 bits per heavy atom. The topological polar surface area (TPSA) is 120 Å². The number of carbonyl (C=O) groups excluding carboxylic acids is 1. The van der Waals surface area contributed by atoms with Gasteiger partial charge in [-0.1, -0.05) is 23.4 Å². The standard InChI is InChI=1S/C21H14F2N4O5S/c22-17-9-8-15(11-18(17)23)33(30,31)25-14-5-3-4-13(10-14)21(29)32-12-27-20(28)16-6-1-2-7-19(16)24-26-27/h1-11,25H,12H2. The van der Waals surface area contributed by atoms with Crippen LogP contribution >= 0.6 is 0 Å². The molecule has 9 nitrogen and oxygen atoms in total. The van der Waals surface area contributed by atoms with Crippen LogP contribution in [0.3, 0.4) is 0 Å². The van der Waals surface area contributed by atoms with Crippen molar-refractivity contribution in [2.24, 2.45) is 0 Å². The number of anilines is 1. The van der Waals surface area contributed by atoms with Gasteiger partial charge in [0.1, 0.15) is 5.52 Å². The second kappa shape index (κ2) is 8.74. The third-order valence-electron chi connectivity index (χ3n) is 4.50. The van der Waals surface area contributed by atoms with Crippen molar-refractivity contribution in [3.8, 4) is 0 Å². The van der Waals surface area contributed by atoms with Gasteiger partial charge in [-0.05, 0) is 48.5 Å². The number of ether oxygens (including phenoxy) is 1.